The Morgan fingerprint density at radius 2 is 1.93 bits per heavy atom. The Kier molecular flexibility index (Phi) is 4.34. The maximum Gasteiger partial charge on any atom is 0.190 e. The maximum absolute atomic E-state index is 16.9. The van der Waals surface area contributed by atoms with Crippen LogP contribution in [0.1, 0.15) is 40.0 Å². The number of fused-ring (bicyclic) bond motifs is 5. The number of halogens is 2. The molecular formula is C22H28F2O5. The summed E-state index contributed by atoms with van der Waals surface area (Å²) in [6.45, 7) is 3.96. The van der Waals surface area contributed by atoms with Gasteiger partial charge in [0.05, 0.1) is 6.10 Å². The Balaban J connectivity index is 1.87. The van der Waals surface area contributed by atoms with Gasteiger partial charge in [-0.25, -0.2) is 8.78 Å². The van der Waals surface area contributed by atoms with E-state index in [0.29, 0.717) is 0 Å². The van der Waals surface area contributed by atoms with Crippen LogP contribution in [-0.2, 0) is 9.59 Å². The molecule has 4 aliphatic carbocycles. The van der Waals surface area contributed by atoms with Gasteiger partial charge >= 0.3 is 0 Å². The number of carbonyl (C=O) groups is 2. The third kappa shape index (κ3) is 2.19. The molecule has 7 heteroatoms. The number of hydrogen-bond acceptors (Lipinski definition) is 5. The van der Waals surface area contributed by atoms with Crippen LogP contribution in [0, 0.1) is 28.6 Å². The normalized spacial score (nSPS) is 53.7. The molecule has 4 unspecified atom stereocenters. The average molecular weight is 410 g/mol. The van der Waals surface area contributed by atoms with Crippen molar-refractivity contribution in [3.8, 4) is 0 Å². The van der Waals surface area contributed by atoms with Crippen molar-refractivity contribution in [1.29, 1.82) is 0 Å². The summed E-state index contributed by atoms with van der Waals surface area (Å²) in [6, 6.07) is 0. The quantitative estimate of drug-likeness (QED) is 0.646. The molecule has 3 saturated carbocycles. The summed E-state index contributed by atoms with van der Waals surface area (Å²) >= 11 is 0. The molecule has 4 rings (SSSR count). The van der Waals surface area contributed by atoms with Crippen LogP contribution in [0.3, 0.4) is 0 Å². The van der Waals surface area contributed by atoms with E-state index in [4.69, 9.17) is 0 Å². The fourth-order valence-electron chi connectivity index (χ4n) is 7.25. The first kappa shape index (κ1) is 20.8. The Bertz CT molecular complexity index is 839. The lowest BCUT2D eigenvalue weighted by Gasteiger charge is -2.63. The summed E-state index contributed by atoms with van der Waals surface area (Å²) in [7, 11) is 0. The van der Waals surface area contributed by atoms with Crippen LogP contribution in [0.25, 0.3) is 0 Å². The number of aliphatic hydroxyl groups is 3. The first-order valence-corrected chi connectivity index (χ1v) is 10.2. The van der Waals surface area contributed by atoms with Crippen LogP contribution in [0.15, 0.2) is 23.8 Å². The number of hydrogen-bond donors (Lipinski definition) is 3. The van der Waals surface area contributed by atoms with Crippen molar-refractivity contribution in [2.45, 2.75) is 63.6 Å². The highest BCUT2D eigenvalue weighted by Crippen LogP contribution is 2.70. The molecule has 5 nitrogen and oxygen atoms in total. The predicted molar refractivity (Wildman–Crippen MR) is 100 cm³/mol. The van der Waals surface area contributed by atoms with Crippen LogP contribution in [0.4, 0.5) is 8.78 Å². The molecule has 29 heavy (non-hydrogen) atoms. The molecule has 0 aromatic carbocycles. The molecule has 3 fully saturated rings. The smallest absolute Gasteiger partial charge is 0.190 e. The third-order valence-electron chi connectivity index (χ3n) is 8.78. The first-order chi connectivity index (χ1) is 13.4. The SMILES string of the molecule is C[C@@H]1C[C@H]2[C@@H]3C[C@H](F)C4=CC(=O)C=CC4(C)C3(F)[C@@H](O)CC2(C)C1(O)C(=O)CO. The van der Waals surface area contributed by atoms with E-state index in [1.807, 2.05) is 0 Å². The van der Waals surface area contributed by atoms with Crippen LogP contribution in [0.2, 0.25) is 0 Å². The summed E-state index contributed by atoms with van der Waals surface area (Å²) in [5, 5.41) is 31.9. The molecule has 0 bridgehead atoms. The molecule has 0 heterocycles. The van der Waals surface area contributed by atoms with E-state index in [0.717, 1.165) is 6.08 Å². The summed E-state index contributed by atoms with van der Waals surface area (Å²) in [5.41, 5.74) is -6.81. The standard InChI is InChI=1S/C22H28F2O5/c1-11-6-13-14-8-16(23)15-7-12(26)4-5-19(15,2)21(14,24)17(27)9-20(13,3)22(11,29)18(28)10-25/h4-5,7,11,13-14,16-17,25,27,29H,6,8-10H2,1-3H3/t11-,13+,14+,16+,17+,19?,20?,21?,22?/m1/s1. The minimum absolute atomic E-state index is 0.0409. The monoisotopic (exact) mass is 410 g/mol. The van der Waals surface area contributed by atoms with E-state index >= 15 is 8.78 Å². The molecule has 0 radical (unpaired) electrons. The van der Waals surface area contributed by atoms with Crippen LogP contribution >= 0.6 is 0 Å². The highest BCUT2D eigenvalue weighted by atomic mass is 19.1. The van der Waals surface area contributed by atoms with E-state index < -0.39 is 70.3 Å². The van der Waals surface area contributed by atoms with E-state index in [-0.39, 0.29) is 24.8 Å². The Morgan fingerprint density at radius 1 is 1.28 bits per heavy atom. The van der Waals surface area contributed by atoms with Gasteiger partial charge in [-0.3, -0.25) is 9.59 Å². The van der Waals surface area contributed by atoms with Gasteiger partial charge in [0.1, 0.15) is 18.4 Å². The Labute approximate surface area is 168 Å². The number of Topliss-reactive ketones (excluding diaryl/α,β-unsaturated/α-hetero) is 1. The Hall–Kier alpha value is -1.44. The van der Waals surface area contributed by atoms with Gasteiger partial charge in [-0.05, 0) is 55.7 Å². The summed E-state index contributed by atoms with van der Waals surface area (Å²) < 4.78 is 32.1. The van der Waals surface area contributed by atoms with Gasteiger partial charge in [0.15, 0.2) is 17.2 Å². The molecular weight excluding hydrogens is 382 g/mol. The van der Waals surface area contributed by atoms with Gasteiger partial charge in [0.25, 0.3) is 0 Å². The van der Waals surface area contributed by atoms with E-state index in [1.165, 1.54) is 19.1 Å². The van der Waals surface area contributed by atoms with Crippen molar-refractivity contribution < 1.29 is 33.7 Å². The molecule has 9 atom stereocenters. The molecule has 4 aliphatic rings. The molecule has 3 N–H and O–H groups in total. The van der Waals surface area contributed by atoms with Gasteiger partial charge < -0.3 is 15.3 Å². The number of aliphatic hydroxyl groups excluding tert-OH is 2. The molecule has 160 valence electrons. The topological polar surface area (TPSA) is 94.8 Å². The van der Waals surface area contributed by atoms with Crippen molar-refractivity contribution in [3.63, 3.8) is 0 Å². The second-order valence-electron chi connectivity index (χ2n) is 9.84. The number of allylic oxidation sites excluding steroid dienone is 4. The van der Waals surface area contributed by atoms with Gasteiger partial charge in [0, 0.05) is 16.7 Å². The van der Waals surface area contributed by atoms with E-state index in [2.05, 4.69) is 0 Å². The summed E-state index contributed by atoms with van der Waals surface area (Å²) in [5.74, 6) is -3.24. The lowest BCUT2D eigenvalue weighted by Crippen LogP contribution is -2.70. The van der Waals surface area contributed by atoms with Gasteiger partial charge in [-0.2, -0.15) is 0 Å². The van der Waals surface area contributed by atoms with E-state index in [9.17, 15) is 24.9 Å². The minimum Gasteiger partial charge on any atom is -0.390 e. The maximum atomic E-state index is 16.9. The Morgan fingerprint density at radius 3 is 2.55 bits per heavy atom. The van der Waals surface area contributed by atoms with Crippen molar-refractivity contribution >= 4 is 11.6 Å². The second-order valence-corrected chi connectivity index (χ2v) is 9.84. The van der Waals surface area contributed by atoms with Gasteiger partial charge in [0.2, 0.25) is 0 Å². The zero-order chi connectivity index (χ0) is 21.6. The van der Waals surface area contributed by atoms with Crippen molar-refractivity contribution in [2.75, 3.05) is 6.61 Å². The first-order valence-electron chi connectivity index (χ1n) is 10.2. The lowest BCUT2D eigenvalue weighted by atomic mass is 9.44. The van der Waals surface area contributed by atoms with Crippen molar-refractivity contribution in [1.82, 2.24) is 0 Å². The molecule has 0 aliphatic heterocycles. The van der Waals surface area contributed by atoms with Gasteiger partial charge in [-0.1, -0.05) is 19.9 Å². The second kappa shape index (κ2) is 6.05. The van der Waals surface area contributed by atoms with E-state index in [1.54, 1.807) is 13.8 Å². The molecule has 0 amide bonds. The zero-order valence-corrected chi connectivity index (χ0v) is 16.9. The third-order valence-corrected chi connectivity index (χ3v) is 8.78. The highest BCUT2D eigenvalue weighted by Gasteiger charge is 2.76. The highest BCUT2D eigenvalue weighted by molar-refractivity contribution is 6.01. The fraction of sp³-hybridized carbons (Fsp3) is 0.727. The number of alkyl halides is 2. The molecule has 0 spiro atoms. The van der Waals surface area contributed by atoms with Crippen LogP contribution in [0.5, 0.6) is 0 Å². The predicted octanol–water partition coefficient (Wildman–Crippen LogP) is 1.84. The number of rotatable bonds is 2. The number of ketones is 2. The minimum atomic E-state index is -2.24. The molecule has 0 aromatic rings. The largest absolute Gasteiger partial charge is 0.390 e. The lowest BCUT2D eigenvalue weighted by molar-refractivity contribution is -0.223. The van der Waals surface area contributed by atoms with Crippen LogP contribution in [-0.4, -0.2) is 57.0 Å². The average Bonchev–Trinajstić information content (AvgIpc) is 2.86. The van der Waals surface area contributed by atoms with Gasteiger partial charge in [-0.15, -0.1) is 0 Å². The fourth-order valence-corrected chi connectivity index (χ4v) is 7.25. The van der Waals surface area contributed by atoms with Crippen molar-refractivity contribution in [3.05, 3.63) is 23.8 Å². The number of carbonyl (C=O) groups excluding carboxylic acids is 2. The zero-order valence-electron chi connectivity index (χ0n) is 16.9. The molecule has 0 saturated heterocycles. The van der Waals surface area contributed by atoms with Crippen LogP contribution < -0.4 is 0 Å². The summed E-state index contributed by atoms with van der Waals surface area (Å²) in [4.78, 5) is 24.3. The summed E-state index contributed by atoms with van der Waals surface area (Å²) in [6.07, 6.45) is 0.427. The van der Waals surface area contributed by atoms with Crippen molar-refractivity contribution in [2.24, 2.45) is 28.6 Å². The molecule has 0 aromatic heterocycles.